The first-order valence-electron chi connectivity index (χ1n) is 9.04. The third kappa shape index (κ3) is 3.34. The maximum atomic E-state index is 13.8. The Morgan fingerprint density at radius 2 is 2.00 bits per heavy atom. The van der Waals surface area contributed by atoms with Crippen molar-refractivity contribution < 1.29 is 9.50 Å². The van der Waals surface area contributed by atoms with Gasteiger partial charge in [-0.15, -0.1) is 11.3 Å². The van der Waals surface area contributed by atoms with Gasteiger partial charge in [-0.05, 0) is 24.6 Å². The molecule has 0 spiro atoms. The van der Waals surface area contributed by atoms with Crippen molar-refractivity contribution >= 4 is 34.2 Å². The van der Waals surface area contributed by atoms with Gasteiger partial charge < -0.3 is 15.3 Å². The van der Waals surface area contributed by atoms with Crippen LogP contribution in [0.3, 0.4) is 0 Å². The summed E-state index contributed by atoms with van der Waals surface area (Å²) in [7, 11) is 0. The average molecular weight is 374 g/mol. The summed E-state index contributed by atoms with van der Waals surface area (Å²) in [5, 5.41) is 12.6. The number of halogens is 1. The number of anilines is 2. The molecule has 2 aliphatic rings. The van der Waals surface area contributed by atoms with Gasteiger partial charge in [0.1, 0.15) is 11.7 Å². The number of amidine groups is 1. The summed E-state index contributed by atoms with van der Waals surface area (Å²) in [5.41, 5.74) is 2.52. The van der Waals surface area contributed by atoms with Crippen LogP contribution in [-0.2, 0) is 6.42 Å². The summed E-state index contributed by atoms with van der Waals surface area (Å²) in [6, 6.07) is 6.88. The smallest absolute Gasteiger partial charge is 0.148 e. The van der Waals surface area contributed by atoms with E-state index in [1.807, 2.05) is 0 Å². The number of aliphatic imine (C=N–C) groups is 1. The third-order valence-electron chi connectivity index (χ3n) is 4.88. The third-order valence-corrected chi connectivity index (χ3v) is 6.15. The lowest BCUT2D eigenvalue weighted by Gasteiger charge is -2.36. The Morgan fingerprint density at radius 1 is 1.19 bits per heavy atom. The van der Waals surface area contributed by atoms with E-state index in [4.69, 9.17) is 10.1 Å². The number of β-amino-alcohol motifs (C(OH)–C–C–N with tert-alkyl or cyclic N) is 1. The van der Waals surface area contributed by atoms with Crippen LogP contribution in [0.2, 0.25) is 0 Å². The zero-order chi connectivity index (χ0) is 18.1. The summed E-state index contributed by atoms with van der Waals surface area (Å²) in [6.07, 6.45) is 0.979. The molecular weight excluding hydrogens is 351 g/mol. The highest BCUT2D eigenvalue weighted by Crippen LogP contribution is 2.39. The number of benzene rings is 1. The molecular formula is C19H23FN4OS. The first-order chi connectivity index (χ1) is 12.7. The van der Waals surface area contributed by atoms with Crippen molar-refractivity contribution in [1.82, 2.24) is 9.80 Å². The van der Waals surface area contributed by atoms with Crippen LogP contribution < -0.4 is 5.32 Å². The topological polar surface area (TPSA) is 51.1 Å². The van der Waals surface area contributed by atoms with Gasteiger partial charge in [0.05, 0.1) is 28.5 Å². The van der Waals surface area contributed by atoms with E-state index in [2.05, 4.69) is 28.1 Å². The maximum Gasteiger partial charge on any atom is 0.148 e. The van der Waals surface area contributed by atoms with Gasteiger partial charge >= 0.3 is 0 Å². The van der Waals surface area contributed by atoms with Gasteiger partial charge in [-0.25, -0.2) is 9.38 Å². The second kappa shape index (κ2) is 7.34. The largest absolute Gasteiger partial charge is 0.395 e. The van der Waals surface area contributed by atoms with E-state index in [1.54, 1.807) is 17.4 Å². The number of nitrogens with one attached hydrogen (secondary N) is 1. The summed E-state index contributed by atoms with van der Waals surface area (Å²) in [6.45, 7) is 6.53. The highest BCUT2D eigenvalue weighted by molar-refractivity contribution is 7.14. The lowest BCUT2D eigenvalue weighted by molar-refractivity contribution is 0.147. The Labute approximate surface area is 156 Å². The van der Waals surface area contributed by atoms with E-state index in [0.29, 0.717) is 12.2 Å². The molecule has 1 fully saturated rings. The predicted molar refractivity (Wildman–Crippen MR) is 105 cm³/mol. The molecule has 0 amide bonds. The molecule has 2 N–H and O–H groups in total. The van der Waals surface area contributed by atoms with Gasteiger partial charge in [-0.3, -0.25) is 4.90 Å². The highest BCUT2D eigenvalue weighted by atomic mass is 32.1. The minimum atomic E-state index is -0.277. The van der Waals surface area contributed by atoms with E-state index in [1.165, 1.54) is 17.0 Å². The Hall–Kier alpha value is -1.96. The van der Waals surface area contributed by atoms with Crippen molar-refractivity contribution in [3.05, 3.63) is 39.8 Å². The molecule has 4 rings (SSSR count). The number of hydrogen-bond acceptors (Lipinski definition) is 6. The lowest BCUT2D eigenvalue weighted by Crippen LogP contribution is -2.49. The Balaban J connectivity index is 1.71. The fourth-order valence-corrected chi connectivity index (χ4v) is 4.50. The van der Waals surface area contributed by atoms with E-state index in [-0.39, 0.29) is 12.4 Å². The van der Waals surface area contributed by atoms with Crippen LogP contribution in [-0.4, -0.2) is 60.1 Å². The fourth-order valence-electron chi connectivity index (χ4n) is 3.43. The van der Waals surface area contributed by atoms with Crippen LogP contribution in [0.5, 0.6) is 0 Å². The molecule has 5 nitrogen and oxygen atoms in total. The molecule has 0 aliphatic carbocycles. The van der Waals surface area contributed by atoms with Gasteiger partial charge in [-0.1, -0.05) is 6.92 Å². The normalized spacial score (nSPS) is 17.2. The number of aliphatic hydroxyl groups excluding tert-OH is 1. The number of rotatable bonds is 3. The molecule has 138 valence electrons. The zero-order valence-electron chi connectivity index (χ0n) is 14.8. The molecule has 2 aliphatic heterocycles. The van der Waals surface area contributed by atoms with Crippen molar-refractivity contribution in [2.75, 3.05) is 44.6 Å². The van der Waals surface area contributed by atoms with Crippen LogP contribution in [0.4, 0.5) is 21.5 Å². The van der Waals surface area contributed by atoms with Crippen LogP contribution in [0.1, 0.15) is 16.7 Å². The van der Waals surface area contributed by atoms with Crippen LogP contribution in [0.15, 0.2) is 29.3 Å². The van der Waals surface area contributed by atoms with Crippen molar-refractivity contribution in [1.29, 1.82) is 0 Å². The number of nitrogens with zero attached hydrogens (tertiary/aromatic N) is 3. The monoisotopic (exact) mass is 374 g/mol. The summed E-state index contributed by atoms with van der Waals surface area (Å²) >= 11 is 1.75. The molecule has 0 saturated carbocycles. The zero-order valence-corrected chi connectivity index (χ0v) is 15.7. The molecule has 7 heteroatoms. The van der Waals surface area contributed by atoms with E-state index in [0.717, 1.165) is 54.7 Å². The lowest BCUT2D eigenvalue weighted by atomic mass is 10.2. The summed E-state index contributed by atoms with van der Waals surface area (Å²) in [4.78, 5) is 11.8. The molecule has 26 heavy (non-hydrogen) atoms. The second-order valence-electron chi connectivity index (χ2n) is 6.58. The van der Waals surface area contributed by atoms with E-state index < -0.39 is 0 Å². The van der Waals surface area contributed by atoms with Crippen LogP contribution in [0.25, 0.3) is 0 Å². The number of aryl methyl sites for hydroxylation is 1. The Kier molecular flexibility index (Phi) is 4.93. The molecule has 1 aromatic heterocycles. The molecule has 3 heterocycles. The van der Waals surface area contributed by atoms with Crippen molar-refractivity contribution in [3.63, 3.8) is 0 Å². The number of aliphatic hydroxyl groups is 1. The van der Waals surface area contributed by atoms with Crippen molar-refractivity contribution in [2.45, 2.75) is 13.3 Å². The van der Waals surface area contributed by atoms with Crippen molar-refractivity contribution in [3.8, 4) is 0 Å². The van der Waals surface area contributed by atoms with E-state index >= 15 is 0 Å². The number of fused-ring (bicyclic) bond motifs is 2. The minimum absolute atomic E-state index is 0.187. The van der Waals surface area contributed by atoms with Crippen LogP contribution in [0, 0.1) is 5.82 Å². The standard InChI is InChI=1S/C19H23FN4OS/c1-2-14-12-17-18(26-14)19(24-7-5-23(6-8-24)9-10-25)22-16-11-13(20)3-4-15(16)21-17/h3-4,11-12,21,25H,2,5-10H2,1H3. The van der Waals surface area contributed by atoms with Gasteiger partial charge in [-0.2, -0.15) is 0 Å². The van der Waals surface area contributed by atoms with Crippen molar-refractivity contribution in [2.24, 2.45) is 4.99 Å². The van der Waals surface area contributed by atoms with Gasteiger partial charge in [0.2, 0.25) is 0 Å². The highest BCUT2D eigenvalue weighted by Gasteiger charge is 2.26. The molecule has 1 saturated heterocycles. The predicted octanol–water partition coefficient (Wildman–Crippen LogP) is 3.19. The molecule has 0 bridgehead atoms. The SMILES string of the molecule is CCc1cc2c(s1)C(N1CCN(CCO)CC1)=Nc1cc(F)ccc1N2. The fraction of sp³-hybridized carbons (Fsp3) is 0.421. The first kappa shape index (κ1) is 17.5. The number of hydrogen-bond donors (Lipinski definition) is 2. The number of piperazine rings is 1. The van der Waals surface area contributed by atoms with Gasteiger partial charge in [0, 0.05) is 43.7 Å². The average Bonchev–Trinajstić information content (AvgIpc) is 2.99. The molecule has 0 unspecified atom stereocenters. The summed E-state index contributed by atoms with van der Waals surface area (Å²) < 4.78 is 13.8. The van der Waals surface area contributed by atoms with Gasteiger partial charge in [0.25, 0.3) is 0 Å². The molecule has 2 aromatic rings. The second-order valence-corrected chi connectivity index (χ2v) is 7.72. The van der Waals surface area contributed by atoms with Gasteiger partial charge in [0.15, 0.2) is 0 Å². The Bertz CT molecular complexity index is 827. The molecule has 0 radical (unpaired) electrons. The number of thiophene rings is 1. The molecule has 0 atom stereocenters. The maximum absolute atomic E-state index is 13.8. The Morgan fingerprint density at radius 3 is 2.73 bits per heavy atom. The minimum Gasteiger partial charge on any atom is -0.395 e. The van der Waals surface area contributed by atoms with E-state index in [9.17, 15) is 4.39 Å². The summed E-state index contributed by atoms with van der Waals surface area (Å²) in [5.74, 6) is 0.645. The molecule has 1 aromatic carbocycles. The van der Waals surface area contributed by atoms with Crippen LogP contribution >= 0.6 is 11.3 Å². The first-order valence-corrected chi connectivity index (χ1v) is 9.86. The quantitative estimate of drug-likeness (QED) is 0.866.